The van der Waals surface area contributed by atoms with Crippen molar-refractivity contribution in [2.45, 2.75) is 44.8 Å². The summed E-state index contributed by atoms with van der Waals surface area (Å²) in [5.74, 6) is -0.00528. The zero-order valence-electron chi connectivity index (χ0n) is 21.3. The van der Waals surface area contributed by atoms with Gasteiger partial charge >= 0.3 is 13.2 Å². The molecule has 37 heavy (non-hydrogen) atoms. The molecule has 0 saturated carbocycles. The van der Waals surface area contributed by atoms with Gasteiger partial charge < -0.3 is 19.4 Å². The smallest absolute Gasteiger partial charge is 0.449 e. The third-order valence-corrected chi connectivity index (χ3v) is 7.72. The van der Waals surface area contributed by atoms with Crippen LogP contribution in [0.3, 0.4) is 0 Å². The first-order valence-electron chi connectivity index (χ1n) is 12.3. The molecule has 2 aliphatic rings. The third kappa shape index (κ3) is 5.21. The van der Waals surface area contributed by atoms with Crippen molar-refractivity contribution in [3.63, 3.8) is 0 Å². The Bertz CT molecular complexity index is 1280. The summed E-state index contributed by atoms with van der Waals surface area (Å²) in [4.78, 5) is 21.4. The lowest BCUT2D eigenvalue weighted by molar-refractivity contribution is 0.00578. The highest BCUT2D eigenvalue weighted by Crippen LogP contribution is 2.44. The molecule has 190 valence electrons. The van der Waals surface area contributed by atoms with Gasteiger partial charge in [0.1, 0.15) is 11.2 Å². The Morgan fingerprint density at radius 1 is 1.00 bits per heavy atom. The van der Waals surface area contributed by atoms with Crippen LogP contribution < -0.4 is 5.32 Å². The zero-order chi connectivity index (χ0) is 26.2. The van der Waals surface area contributed by atoms with Gasteiger partial charge in [-0.2, -0.15) is 0 Å². The highest BCUT2D eigenvalue weighted by atomic mass is 79.9. The number of halogens is 1. The minimum Gasteiger partial charge on any atom is -0.449 e. The van der Waals surface area contributed by atoms with E-state index in [1.54, 1.807) is 12.4 Å². The molecule has 7 nitrogen and oxygen atoms in total. The van der Waals surface area contributed by atoms with Gasteiger partial charge in [0, 0.05) is 12.5 Å². The van der Waals surface area contributed by atoms with E-state index in [1.165, 1.54) is 22.3 Å². The third-order valence-electron chi connectivity index (χ3n) is 7.31. The van der Waals surface area contributed by atoms with E-state index >= 15 is 0 Å². The van der Waals surface area contributed by atoms with Crippen LogP contribution in [0.25, 0.3) is 17.2 Å². The number of aromatic nitrogens is 2. The molecular weight excluding hydrogens is 533 g/mol. The Labute approximate surface area is 225 Å². The quantitative estimate of drug-likeness (QED) is 0.383. The minimum atomic E-state index is -0.649. The predicted octanol–water partition coefficient (Wildman–Crippen LogP) is 5.79. The number of nitrogens with zero attached hydrogens (tertiary/aromatic N) is 2. The first-order chi connectivity index (χ1) is 17.6. The molecule has 0 spiro atoms. The minimum absolute atomic E-state index is 0.00528. The molecule has 2 heterocycles. The highest BCUT2D eigenvalue weighted by molar-refractivity contribution is 9.10. The number of benzene rings is 2. The fourth-order valence-corrected chi connectivity index (χ4v) is 4.81. The molecule has 1 fully saturated rings. The molecule has 2 aromatic carbocycles. The second kappa shape index (κ2) is 10.0. The summed E-state index contributed by atoms with van der Waals surface area (Å²) in [6.07, 6.45) is 4.58. The van der Waals surface area contributed by atoms with Crippen LogP contribution in [0.5, 0.6) is 0 Å². The Morgan fingerprint density at radius 3 is 2.16 bits per heavy atom. The van der Waals surface area contributed by atoms with E-state index in [-0.39, 0.29) is 19.1 Å². The molecule has 1 N–H and O–H groups in total. The largest absolute Gasteiger partial charge is 0.492 e. The van der Waals surface area contributed by atoms with Crippen molar-refractivity contribution in [2.75, 3.05) is 13.2 Å². The van der Waals surface area contributed by atoms with Crippen molar-refractivity contribution in [2.24, 2.45) is 0 Å². The lowest BCUT2D eigenvalue weighted by Gasteiger charge is -2.32. The van der Waals surface area contributed by atoms with E-state index in [0.29, 0.717) is 15.8 Å². The Morgan fingerprint density at radius 2 is 1.59 bits per heavy atom. The Kier molecular flexibility index (Phi) is 6.96. The molecule has 0 radical (unpaired) electrons. The van der Waals surface area contributed by atoms with Crippen LogP contribution in [0.2, 0.25) is 0 Å². The molecule has 1 amide bonds. The average Bonchev–Trinajstić information content (AvgIpc) is 3.30. The number of ether oxygens (including phenoxy) is 1. The van der Waals surface area contributed by atoms with Gasteiger partial charge in [0.25, 0.3) is 0 Å². The first-order valence-corrected chi connectivity index (χ1v) is 13.1. The zero-order valence-corrected chi connectivity index (χ0v) is 22.9. The summed E-state index contributed by atoms with van der Waals surface area (Å²) in [7, 11) is -0.649. The van der Waals surface area contributed by atoms with Gasteiger partial charge in [-0.15, -0.1) is 0 Å². The molecule has 3 aromatic rings. The number of carbonyl (C=O) groups is 1. The molecule has 0 atom stereocenters. The van der Waals surface area contributed by atoms with Crippen LogP contribution in [0.1, 0.15) is 50.4 Å². The maximum Gasteiger partial charge on any atom is 0.492 e. The van der Waals surface area contributed by atoms with Crippen molar-refractivity contribution >= 4 is 35.2 Å². The lowest BCUT2D eigenvalue weighted by atomic mass is 9.77. The van der Waals surface area contributed by atoms with E-state index in [9.17, 15) is 4.79 Å². The molecular formula is C28H29BBrN3O4. The van der Waals surface area contributed by atoms with Crippen LogP contribution in [0.4, 0.5) is 4.79 Å². The number of hydrogen-bond acceptors (Lipinski definition) is 6. The number of alkyl carbamates (subject to hydrolysis) is 1. The van der Waals surface area contributed by atoms with E-state index in [1.807, 2.05) is 58.0 Å². The maximum atomic E-state index is 12.8. The summed E-state index contributed by atoms with van der Waals surface area (Å²) >= 11 is 3.31. The van der Waals surface area contributed by atoms with Crippen LogP contribution in [0, 0.1) is 0 Å². The van der Waals surface area contributed by atoms with Crippen molar-refractivity contribution in [3.8, 4) is 11.1 Å². The second-order valence-corrected chi connectivity index (χ2v) is 11.1. The lowest BCUT2D eigenvalue weighted by Crippen LogP contribution is -2.41. The molecule has 0 unspecified atom stereocenters. The van der Waals surface area contributed by atoms with Crippen molar-refractivity contribution < 1.29 is 18.8 Å². The van der Waals surface area contributed by atoms with Crippen molar-refractivity contribution in [3.05, 3.63) is 87.8 Å². The van der Waals surface area contributed by atoms with E-state index < -0.39 is 24.4 Å². The van der Waals surface area contributed by atoms with Gasteiger partial charge in [0.15, 0.2) is 0 Å². The molecule has 0 bridgehead atoms. The van der Waals surface area contributed by atoms with Crippen molar-refractivity contribution in [1.29, 1.82) is 0 Å². The van der Waals surface area contributed by atoms with Crippen LogP contribution in [0.15, 0.2) is 71.0 Å². The number of hydrogen-bond donors (Lipinski definition) is 1. The Balaban J connectivity index is 1.29. The molecule has 1 aromatic heterocycles. The first kappa shape index (κ1) is 25.6. The van der Waals surface area contributed by atoms with Gasteiger partial charge in [-0.3, -0.25) is 4.98 Å². The maximum absolute atomic E-state index is 12.8. The number of amides is 1. The Hall–Kier alpha value is -3.01. The summed E-state index contributed by atoms with van der Waals surface area (Å²) < 4.78 is 18.8. The van der Waals surface area contributed by atoms with Crippen LogP contribution in [-0.2, 0) is 14.0 Å². The predicted molar refractivity (Wildman–Crippen MR) is 147 cm³/mol. The molecule has 5 rings (SSSR count). The molecule has 1 aliphatic heterocycles. The van der Waals surface area contributed by atoms with E-state index in [0.717, 1.165) is 0 Å². The normalized spacial score (nSPS) is 17.9. The highest BCUT2D eigenvalue weighted by Gasteiger charge is 2.52. The van der Waals surface area contributed by atoms with Crippen LogP contribution in [-0.4, -0.2) is 47.5 Å². The van der Waals surface area contributed by atoms with Crippen molar-refractivity contribution in [1.82, 2.24) is 15.3 Å². The second-order valence-electron chi connectivity index (χ2n) is 10.3. The van der Waals surface area contributed by atoms with E-state index in [4.69, 9.17) is 14.0 Å². The summed E-state index contributed by atoms with van der Waals surface area (Å²) in [6.45, 7) is 8.37. The van der Waals surface area contributed by atoms with Gasteiger partial charge in [0.2, 0.25) is 0 Å². The number of rotatable bonds is 6. The summed E-state index contributed by atoms with van der Waals surface area (Å²) in [5.41, 5.74) is 5.01. The number of nitrogens with one attached hydrogen (secondary N) is 1. The van der Waals surface area contributed by atoms with E-state index in [2.05, 4.69) is 55.5 Å². The number of carbonyl (C=O) groups excluding carboxylic acids is 1. The molecule has 9 heteroatoms. The number of fused-ring (bicyclic) bond motifs is 3. The topological polar surface area (TPSA) is 82.6 Å². The fourth-order valence-electron chi connectivity index (χ4n) is 4.61. The van der Waals surface area contributed by atoms with Gasteiger partial charge in [0.05, 0.1) is 29.3 Å². The standard InChI is InChI=1S/C28H29BBrN3O4/c1-27(2)28(3,4)37-29(36-27)18(13-19-15-32-25(30)16-31-19)14-33-26(34)35-17-24-22-11-7-5-9-20(22)21-10-6-8-12-23(21)24/h5-13,15-16,24H,14,17H2,1-4H3,(H,33,34). The fraction of sp³-hybridized carbons (Fsp3) is 0.321. The SMILES string of the molecule is CC1(C)OB(C(=Cc2cnc(Br)cn2)CNC(=O)OCC2c3ccccc3-c3ccccc32)OC1(C)C. The molecule has 1 saturated heterocycles. The van der Waals surface area contributed by atoms with Gasteiger partial charge in [-0.25, -0.2) is 9.78 Å². The average molecular weight is 562 g/mol. The van der Waals surface area contributed by atoms with Gasteiger partial charge in [-0.1, -0.05) is 48.5 Å². The van der Waals surface area contributed by atoms with Gasteiger partial charge in [-0.05, 0) is 77.4 Å². The summed E-state index contributed by atoms with van der Waals surface area (Å²) in [6, 6.07) is 16.5. The monoisotopic (exact) mass is 561 g/mol. The van der Waals surface area contributed by atoms with Crippen LogP contribution >= 0.6 is 15.9 Å². The summed E-state index contributed by atoms with van der Waals surface area (Å²) in [5, 5.41) is 2.87. The molecule has 1 aliphatic carbocycles.